The van der Waals surface area contributed by atoms with Crippen molar-refractivity contribution in [1.82, 2.24) is 0 Å². The first-order valence-corrected chi connectivity index (χ1v) is 8.77. The second-order valence-corrected chi connectivity index (χ2v) is 6.45. The monoisotopic (exact) mass is 335 g/mol. The van der Waals surface area contributed by atoms with Gasteiger partial charge in [-0.2, -0.15) is 0 Å². The summed E-state index contributed by atoms with van der Waals surface area (Å²) in [6.45, 7) is 5.74. The Morgan fingerprint density at radius 1 is 1.29 bits per heavy atom. The van der Waals surface area contributed by atoms with Crippen LogP contribution in [0.15, 0.2) is 24.3 Å². The van der Waals surface area contributed by atoms with E-state index in [1.807, 2.05) is 31.2 Å². The number of hydrogen-bond acceptors (Lipinski definition) is 4. The standard InChI is InChI=1S/C19H29NO4/c1-4-24-19(11-5-6-15(2)14-19)18(21)20-16-7-9-17(10-8-16)23-13-12-22-3/h7-10,15H,4-6,11-14H2,1-3H3,(H,20,21)/t15-,19+/m0/s1. The molecule has 2 rings (SSSR count). The molecule has 0 spiro atoms. The van der Waals surface area contributed by atoms with Crippen molar-refractivity contribution in [3.8, 4) is 5.75 Å². The van der Waals surface area contributed by atoms with Crippen LogP contribution in [0.5, 0.6) is 5.75 Å². The van der Waals surface area contributed by atoms with Crippen molar-refractivity contribution in [3.05, 3.63) is 24.3 Å². The molecule has 0 radical (unpaired) electrons. The number of anilines is 1. The molecule has 1 aliphatic rings. The highest BCUT2D eigenvalue weighted by Crippen LogP contribution is 2.36. The average molecular weight is 335 g/mol. The second-order valence-electron chi connectivity index (χ2n) is 6.45. The molecule has 1 aromatic rings. The number of carbonyl (C=O) groups excluding carboxylic acids is 1. The lowest BCUT2D eigenvalue weighted by atomic mass is 9.78. The number of amides is 1. The molecular weight excluding hydrogens is 306 g/mol. The van der Waals surface area contributed by atoms with Gasteiger partial charge in [0.05, 0.1) is 6.61 Å². The van der Waals surface area contributed by atoms with Crippen molar-refractivity contribution >= 4 is 11.6 Å². The van der Waals surface area contributed by atoms with Gasteiger partial charge in [0.25, 0.3) is 5.91 Å². The lowest BCUT2D eigenvalue weighted by molar-refractivity contribution is -0.147. The molecule has 134 valence electrons. The summed E-state index contributed by atoms with van der Waals surface area (Å²) in [4.78, 5) is 12.8. The summed E-state index contributed by atoms with van der Waals surface area (Å²) in [5.74, 6) is 1.23. The van der Waals surface area contributed by atoms with E-state index in [4.69, 9.17) is 14.2 Å². The van der Waals surface area contributed by atoms with Gasteiger partial charge in [-0.3, -0.25) is 4.79 Å². The smallest absolute Gasteiger partial charge is 0.256 e. The molecule has 1 saturated carbocycles. The Kier molecular flexibility index (Phi) is 7.06. The zero-order valence-electron chi connectivity index (χ0n) is 15.0. The molecule has 0 saturated heterocycles. The van der Waals surface area contributed by atoms with Gasteiger partial charge in [0.15, 0.2) is 0 Å². The molecule has 0 aromatic heterocycles. The molecule has 0 aliphatic heterocycles. The normalized spacial score (nSPS) is 23.7. The zero-order valence-corrected chi connectivity index (χ0v) is 15.0. The fraction of sp³-hybridized carbons (Fsp3) is 0.632. The van der Waals surface area contributed by atoms with Gasteiger partial charge in [0.1, 0.15) is 18.0 Å². The van der Waals surface area contributed by atoms with Crippen LogP contribution >= 0.6 is 0 Å². The highest BCUT2D eigenvalue weighted by molar-refractivity contribution is 5.97. The Labute approximate surface area is 144 Å². The second kappa shape index (κ2) is 9.04. The van der Waals surface area contributed by atoms with Gasteiger partial charge in [0.2, 0.25) is 0 Å². The Balaban J connectivity index is 1.98. The van der Waals surface area contributed by atoms with Crippen LogP contribution in [0.2, 0.25) is 0 Å². The summed E-state index contributed by atoms with van der Waals surface area (Å²) < 4.78 is 16.4. The lowest BCUT2D eigenvalue weighted by Gasteiger charge is -2.38. The van der Waals surface area contributed by atoms with Crippen molar-refractivity contribution in [3.63, 3.8) is 0 Å². The van der Waals surface area contributed by atoms with Crippen LogP contribution < -0.4 is 10.1 Å². The van der Waals surface area contributed by atoms with E-state index >= 15 is 0 Å². The number of nitrogens with one attached hydrogen (secondary N) is 1. The van der Waals surface area contributed by atoms with Crippen molar-refractivity contribution in [2.24, 2.45) is 5.92 Å². The Morgan fingerprint density at radius 3 is 2.67 bits per heavy atom. The topological polar surface area (TPSA) is 56.8 Å². The third-order valence-corrected chi connectivity index (χ3v) is 4.46. The molecule has 0 unspecified atom stereocenters. The maximum Gasteiger partial charge on any atom is 0.256 e. The fourth-order valence-corrected chi connectivity index (χ4v) is 3.30. The minimum atomic E-state index is -0.694. The van der Waals surface area contributed by atoms with Gasteiger partial charge in [-0.1, -0.05) is 13.3 Å². The maximum absolute atomic E-state index is 12.8. The lowest BCUT2D eigenvalue weighted by Crippen LogP contribution is -2.48. The third kappa shape index (κ3) is 4.95. The molecule has 0 heterocycles. The van der Waals surface area contributed by atoms with Crippen LogP contribution in [-0.2, 0) is 14.3 Å². The van der Waals surface area contributed by atoms with Crippen molar-refractivity contribution in [2.45, 2.75) is 45.1 Å². The van der Waals surface area contributed by atoms with E-state index in [9.17, 15) is 4.79 Å². The van der Waals surface area contributed by atoms with Gasteiger partial charge < -0.3 is 19.5 Å². The quantitative estimate of drug-likeness (QED) is 0.737. The number of carbonyl (C=O) groups is 1. The molecule has 1 amide bonds. The first-order valence-electron chi connectivity index (χ1n) is 8.77. The van der Waals surface area contributed by atoms with Crippen LogP contribution in [0.25, 0.3) is 0 Å². The predicted octanol–water partition coefficient (Wildman–Crippen LogP) is 3.64. The highest BCUT2D eigenvalue weighted by Gasteiger charge is 2.42. The van der Waals surface area contributed by atoms with E-state index in [1.54, 1.807) is 7.11 Å². The Morgan fingerprint density at radius 2 is 2.04 bits per heavy atom. The molecule has 1 fully saturated rings. The van der Waals surface area contributed by atoms with E-state index in [0.717, 1.165) is 37.1 Å². The highest BCUT2D eigenvalue weighted by atomic mass is 16.5. The van der Waals surface area contributed by atoms with E-state index in [2.05, 4.69) is 12.2 Å². The van der Waals surface area contributed by atoms with Crippen LogP contribution in [0, 0.1) is 5.92 Å². The van der Waals surface area contributed by atoms with Gasteiger partial charge in [0, 0.05) is 19.4 Å². The fourth-order valence-electron chi connectivity index (χ4n) is 3.30. The molecule has 1 aromatic carbocycles. The zero-order chi connectivity index (χ0) is 17.4. The van der Waals surface area contributed by atoms with E-state index < -0.39 is 5.60 Å². The number of hydrogen-bond donors (Lipinski definition) is 1. The van der Waals surface area contributed by atoms with E-state index in [0.29, 0.717) is 25.7 Å². The van der Waals surface area contributed by atoms with Crippen molar-refractivity contribution < 1.29 is 19.0 Å². The number of benzene rings is 1. The summed E-state index contributed by atoms with van der Waals surface area (Å²) in [7, 11) is 1.64. The first-order chi connectivity index (χ1) is 11.6. The average Bonchev–Trinajstić information content (AvgIpc) is 2.57. The molecule has 0 bridgehead atoms. The summed E-state index contributed by atoms with van der Waals surface area (Å²) in [6, 6.07) is 7.40. The number of ether oxygens (including phenoxy) is 3. The largest absolute Gasteiger partial charge is 0.491 e. The van der Waals surface area contributed by atoms with Crippen LogP contribution in [0.3, 0.4) is 0 Å². The van der Waals surface area contributed by atoms with Crippen molar-refractivity contribution in [2.75, 3.05) is 32.2 Å². The first kappa shape index (κ1) is 18.7. The van der Waals surface area contributed by atoms with Gasteiger partial charge in [-0.05, 0) is 56.4 Å². The minimum absolute atomic E-state index is 0.0380. The van der Waals surface area contributed by atoms with Crippen molar-refractivity contribution in [1.29, 1.82) is 0 Å². The van der Waals surface area contributed by atoms with Gasteiger partial charge in [-0.15, -0.1) is 0 Å². The van der Waals surface area contributed by atoms with E-state index in [1.165, 1.54) is 0 Å². The molecule has 5 heteroatoms. The molecule has 1 N–H and O–H groups in total. The SMILES string of the molecule is CCO[C@]1(C(=O)Nc2ccc(OCCOC)cc2)CCC[C@H](C)C1. The summed E-state index contributed by atoms with van der Waals surface area (Å²) in [5, 5.41) is 3.01. The Bertz CT molecular complexity index is 513. The predicted molar refractivity (Wildman–Crippen MR) is 94.4 cm³/mol. The molecule has 1 aliphatic carbocycles. The Hall–Kier alpha value is -1.59. The third-order valence-electron chi connectivity index (χ3n) is 4.46. The van der Waals surface area contributed by atoms with Gasteiger partial charge >= 0.3 is 0 Å². The molecular formula is C19H29NO4. The molecule has 5 nitrogen and oxygen atoms in total. The summed E-state index contributed by atoms with van der Waals surface area (Å²) in [6.07, 6.45) is 3.76. The maximum atomic E-state index is 12.8. The van der Waals surface area contributed by atoms with Crippen LogP contribution in [0.4, 0.5) is 5.69 Å². The number of rotatable bonds is 8. The number of methoxy groups -OCH3 is 1. The van der Waals surface area contributed by atoms with E-state index in [-0.39, 0.29) is 5.91 Å². The molecule has 2 atom stereocenters. The van der Waals surface area contributed by atoms with Crippen LogP contribution in [-0.4, -0.2) is 38.4 Å². The van der Waals surface area contributed by atoms with Gasteiger partial charge in [-0.25, -0.2) is 0 Å². The molecule has 24 heavy (non-hydrogen) atoms. The summed E-state index contributed by atoms with van der Waals surface area (Å²) in [5.41, 5.74) is 0.0662. The van der Waals surface area contributed by atoms with Crippen LogP contribution in [0.1, 0.15) is 39.5 Å². The minimum Gasteiger partial charge on any atom is -0.491 e. The summed E-state index contributed by atoms with van der Waals surface area (Å²) >= 11 is 0.